The lowest BCUT2D eigenvalue weighted by molar-refractivity contribution is 0.602. The highest BCUT2D eigenvalue weighted by atomic mass is 32.1. The van der Waals surface area contributed by atoms with Crippen LogP contribution in [0.15, 0.2) is 6.20 Å². The Hall–Kier alpha value is -0.370. The van der Waals surface area contributed by atoms with Crippen LogP contribution >= 0.6 is 11.3 Å². The van der Waals surface area contributed by atoms with E-state index in [1.165, 1.54) is 9.88 Å². The summed E-state index contributed by atoms with van der Waals surface area (Å²) < 4.78 is 0. The molecule has 0 atom stereocenters. The van der Waals surface area contributed by atoms with E-state index >= 15 is 0 Å². The van der Waals surface area contributed by atoms with E-state index in [1.54, 1.807) is 0 Å². The Morgan fingerprint density at radius 1 is 1.45 bits per heavy atom. The molecule has 0 aliphatic rings. The summed E-state index contributed by atoms with van der Waals surface area (Å²) >= 11 is 1.83. The minimum atomic E-state index is 0.269. The minimum absolute atomic E-state index is 0.269. The molecule has 0 saturated carbocycles. The van der Waals surface area contributed by atoms with E-state index in [9.17, 15) is 0 Å². The van der Waals surface area contributed by atoms with Crippen molar-refractivity contribution in [3.05, 3.63) is 16.1 Å². The molecule has 0 aliphatic carbocycles. The molecule has 1 rings (SSSR count). The molecular weight excluding hydrogens is 154 g/mol. The van der Waals surface area contributed by atoms with Gasteiger partial charge < -0.3 is 0 Å². The molecule has 0 spiro atoms. The van der Waals surface area contributed by atoms with Crippen molar-refractivity contribution in [2.75, 3.05) is 0 Å². The van der Waals surface area contributed by atoms with Gasteiger partial charge in [0.05, 0.1) is 5.01 Å². The minimum Gasteiger partial charge on any atom is -0.249 e. The Bertz CT molecular complexity index is 232. The second-order valence-corrected chi connectivity index (χ2v) is 4.84. The van der Waals surface area contributed by atoms with Gasteiger partial charge in [0.15, 0.2) is 0 Å². The third-order valence-electron chi connectivity index (χ3n) is 1.60. The summed E-state index contributed by atoms with van der Waals surface area (Å²) in [5, 5.41) is 1.25. The van der Waals surface area contributed by atoms with E-state index in [2.05, 4.69) is 32.7 Å². The molecule has 2 heteroatoms. The molecule has 0 saturated heterocycles. The van der Waals surface area contributed by atoms with Crippen LogP contribution in [0.4, 0.5) is 0 Å². The monoisotopic (exact) mass is 169 g/mol. The molecule has 0 N–H and O–H groups in total. The van der Waals surface area contributed by atoms with Crippen LogP contribution in [-0.2, 0) is 11.8 Å². The zero-order chi connectivity index (χ0) is 8.48. The molecule has 0 aromatic carbocycles. The number of hydrogen-bond donors (Lipinski definition) is 0. The van der Waals surface area contributed by atoms with E-state index in [1.807, 2.05) is 17.5 Å². The van der Waals surface area contributed by atoms with E-state index in [4.69, 9.17) is 0 Å². The number of rotatable bonds is 1. The highest BCUT2D eigenvalue weighted by Gasteiger charge is 2.16. The second-order valence-electron chi connectivity index (χ2n) is 3.72. The van der Waals surface area contributed by atoms with Gasteiger partial charge in [-0.1, -0.05) is 27.7 Å². The van der Waals surface area contributed by atoms with E-state index in [0.717, 1.165) is 6.42 Å². The third kappa shape index (κ3) is 2.03. The summed E-state index contributed by atoms with van der Waals surface area (Å²) in [6.45, 7) is 8.81. The van der Waals surface area contributed by atoms with Gasteiger partial charge in [0, 0.05) is 11.1 Å². The summed E-state index contributed by atoms with van der Waals surface area (Å²) in [6, 6.07) is 0. The average molecular weight is 169 g/mol. The van der Waals surface area contributed by atoms with E-state index < -0.39 is 0 Å². The number of hydrogen-bond acceptors (Lipinski definition) is 2. The molecule has 0 unspecified atom stereocenters. The van der Waals surface area contributed by atoms with Crippen molar-refractivity contribution in [2.45, 2.75) is 39.5 Å². The largest absolute Gasteiger partial charge is 0.249 e. The lowest BCUT2D eigenvalue weighted by Crippen LogP contribution is -2.07. The molecular formula is C9H15NS. The van der Waals surface area contributed by atoms with Gasteiger partial charge in [0.2, 0.25) is 0 Å². The first-order valence-electron chi connectivity index (χ1n) is 3.99. The first kappa shape index (κ1) is 8.72. The first-order valence-corrected chi connectivity index (χ1v) is 4.81. The van der Waals surface area contributed by atoms with E-state index in [-0.39, 0.29) is 5.41 Å². The summed E-state index contributed by atoms with van der Waals surface area (Å²) in [7, 11) is 0. The van der Waals surface area contributed by atoms with Crippen molar-refractivity contribution in [1.82, 2.24) is 4.98 Å². The second kappa shape index (κ2) is 2.94. The maximum atomic E-state index is 4.32. The van der Waals surface area contributed by atoms with Gasteiger partial charge in [0.1, 0.15) is 0 Å². The first-order chi connectivity index (χ1) is 5.04. The van der Waals surface area contributed by atoms with Crippen LogP contribution in [0.3, 0.4) is 0 Å². The van der Waals surface area contributed by atoms with Crippen molar-refractivity contribution in [3.8, 4) is 0 Å². The van der Waals surface area contributed by atoms with Gasteiger partial charge in [-0.2, -0.15) is 0 Å². The van der Waals surface area contributed by atoms with Crippen LogP contribution in [0.1, 0.15) is 37.6 Å². The number of thiazole rings is 1. The number of aryl methyl sites for hydroxylation is 1. The molecule has 0 bridgehead atoms. The van der Waals surface area contributed by atoms with E-state index in [0.29, 0.717) is 0 Å². The molecule has 1 nitrogen and oxygen atoms in total. The Kier molecular flexibility index (Phi) is 2.33. The van der Waals surface area contributed by atoms with Crippen LogP contribution in [0.2, 0.25) is 0 Å². The summed E-state index contributed by atoms with van der Waals surface area (Å²) in [4.78, 5) is 5.70. The van der Waals surface area contributed by atoms with Crippen molar-refractivity contribution in [3.63, 3.8) is 0 Å². The predicted octanol–water partition coefficient (Wildman–Crippen LogP) is 3.00. The fourth-order valence-electron chi connectivity index (χ4n) is 0.820. The zero-order valence-electron chi connectivity index (χ0n) is 7.64. The highest BCUT2D eigenvalue weighted by molar-refractivity contribution is 7.11. The number of aromatic nitrogens is 1. The Morgan fingerprint density at radius 3 is 2.36 bits per heavy atom. The topological polar surface area (TPSA) is 12.9 Å². The van der Waals surface area contributed by atoms with Crippen molar-refractivity contribution >= 4 is 11.3 Å². The van der Waals surface area contributed by atoms with Gasteiger partial charge >= 0.3 is 0 Å². The van der Waals surface area contributed by atoms with Crippen LogP contribution in [-0.4, -0.2) is 4.98 Å². The molecule has 0 radical (unpaired) electrons. The van der Waals surface area contributed by atoms with Gasteiger partial charge in [-0.3, -0.25) is 0 Å². The summed E-state index contributed by atoms with van der Waals surface area (Å²) in [6.07, 6.45) is 3.06. The third-order valence-corrected chi connectivity index (χ3v) is 3.16. The SMILES string of the molecule is CCc1ncc(C(C)(C)C)s1. The fraction of sp³-hybridized carbons (Fsp3) is 0.667. The highest BCUT2D eigenvalue weighted by Crippen LogP contribution is 2.27. The summed E-state index contributed by atoms with van der Waals surface area (Å²) in [5.41, 5.74) is 0.269. The van der Waals surface area contributed by atoms with Crippen molar-refractivity contribution < 1.29 is 0 Å². The van der Waals surface area contributed by atoms with Gasteiger partial charge in [-0.05, 0) is 11.8 Å². The molecule has 1 heterocycles. The number of nitrogens with zero attached hydrogens (tertiary/aromatic N) is 1. The fourth-order valence-corrected chi connectivity index (χ4v) is 1.74. The lowest BCUT2D eigenvalue weighted by Gasteiger charge is -2.14. The molecule has 0 aliphatic heterocycles. The molecule has 0 fully saturated rings. The van der Waals surface area contributed by atoms with Gasteiger partial charge in [-0.25, -0.2) is 4.98 Å². The standard InChI is InChI=1S/C9H15NS/c1-5-8-10-6-7(11-8)9(2,3)4/h6H,5H2,1-4H3. The molecule has 11 heavy (non-hydrogen) atoms. The molecule has 0 amide bonds. The van der Waals surface area contributed by atoms with Gasteiger partial charge in [-0.15, -0.1) is 11.3 Å². The zero-order valence-corrected chi connectivity index (χ0v) is 8.46. The van der Waals surface area contributed by atoms with Crippen molar-refractivity contribution in [2.24, 2.45) is 0 Å². The maximum Gasteiger partial charge on any atom is 0.0925 e. The van der Waals surface area contributed by atoms with Crippen LogP contribution < -0.4 is 0 Å². The smallest absolute Gasteiger partial charge is 0.0925 e. The van der Waals surface area contributed by atoms with Crippen LogP contribution in [0, 0.1) is 0 Å². The summed E-state index contributed by atoms with van der Waals surface area (Å²) in [5.74, 6) is 0. The normalized spacial score (nSPS) is 12.0. The average Bonchev–Trinajstić information content (AvgIpc) is 2.32. The lowest BCUT2D eigenvalue weighted by atomic mass is 9.96. The molecule has 1 aromatic heterocycles. The Morgan fingerprint density at radius 2 is 2.09 bits per heavy atom. The maximum absolute atomic E-state index is 4.32. The predicted molar refractivity (Wildman–Crippen MR) is 50.2 cm³/mol. The Balaban J connectivity index is 2.89. The quantitative estimate of drug-likeness (QED) is 0.629. The van der Waals surface area contributed by atoms with Crippen molar-refractivity contribution in [1.29, 1.82) is 0 Å². The Labute approximate surface area is 72.5 Å². The van der Waals surface area contributed by atoms with Gasteiger partial charge in [0.25, 0.3) is 0 Å². The molecule has 1 aromatic rings. The van der Waals surface area contributed by atoms with Crippen LogP contribution in [0.25, 0.3) is 0 Å². The van der Waals surface area contributed by atoms with Crippen LogP contribution in [0.5, 0.6) is 0 Å². The molecule has 62 valence electrons.